The summed E-state index contributed by atoms with van der Waals surface area (Å²) in [5, 5.41) is 0. The quantitative estimate of drug-likeness (QED) is 0.438. The maximum Gasteiger partial charge on any atom is 0.315 e. The lowest BCUT2D eigenvalue weighted by Gasteiger charge is -2.09. The molecule has 2 N–H and O–H groups in total. The van der Waals surface area contributed by atoms with Gasteiger partial charge < -0.3 is 10.6 Å². The van der Waals surface area contributed by atoms with E-state index < -0.39 is 0 Å². The maximum absolute atomic E-state index is 10.3. The number of carbonyl (C=O) groups excluding carboxylic acids is 1. The minimum absolute atomic E-state index is 0.338. The van der Waals surface area contributed by atoms with E-state index in [9.17, 15) is 4.79 Å². The Bertz CT molecular complexity index is 122. The van der Waals surface area contributed by atoms with Crippen LogP contribution in [0.25, 0.3) is 0 Å². The summed E-state index contributed by atoms with van der Waals surface area (Å²) >= 11 is 0. The molecule has 0 spiro atoms. The topological polar surface area (TPSA) is 46.3 Å². The van der Waals surface area contributed by atoms with Crippen molar-refractivity contribution in [1.82, 2.24) is 4.90 Å². The van der Waals surface area contributed by atoms with Crippen LogP contribution in [0, 0.1) is 0 Å². The lowest BCUT2D eigenvalue weighted by Crippen LogP contribution is -2.33. The van der Waals surface area contributed by atoms with Crippen molar-refractivity contribution in [3.8, 4) is 0 Å². The van der Waals surface area contributed by atoms with Crippen LogP contribution in [0.5, 0.6) is 0 Å². The van der Waals surface area contributed by atoms with E-state index in [0.29, 0.717) is 13.1 Å². The first-order valence-corrected chi connectivity index (χ1v) is 2.50. The van der Waals surface area contributed by atoms with Crippen molar-refractivity contribution in [2.24, 2.45) is 5.73 Å². The van der Waals surface area contributed by atoms with Gasteiger partial charge in [-0.05, 0) is 0 Å². The molecule has 1 rings (SSSR count). The van der Waals surface area contributed by atoms with Crippen molar-refractivity contribution in [2.45, 2.75) is 0 Å². The van der Waals surface area contributed by atoms with Gasteiger partial charge in [0, 0.05) is 13.1 Å². The molecule has 0 saturated heterocycles. The first kappa shape index (κ1) is 5.15. The Balaban J connectivity index is 2.41. The van der Waals surface area contributed by atoms with Gasteiger partial charge in [0.05, 0.1) is 0 Å². The number of amides is 2. The third-order valence-corrected chi connectivity index (χ3v) is 1.13. The largest absolute Gasteiger partial charge is 0.351 e. The Morgan fingerprint density at radius 3 is 2.25 bits per heavy atom. The predicted molar refractivity (Wildman–Crippen MR) is 30.3 cm³/mol. The first-order chi connectivity index (χ1) is 3.80. The van der Waals surface area contributed by atoms with Gasteiger partial charge in [-0.1, -0.05) is 12.2 Å². The molecule has 3 heteroatoms. The van der Waals surface area contributed by atoms with E-state index in [1.54, 1.807) is 4.90 Å². The van der Waals surface area contributed by atoms with E-state index >= 15 is 0 Å². The average Bonchev–Trinajstić information content (AvgIpc) is 2.12. The minimum atomic E-state index is -0.338. The minimum Gasteiger partial charge on any atom is -0.351 e. The number of urea groups is 1. The van der Waals surface area contributed by atoms with Crippen LogP contribution in [0.3, 0.4) is 0 Å². The van der Waals surface area contributed by atoms with E-state index in [-0.39, 0.29) is 6.03 Å². The van der Waals surface area contributed by atoms with E-state index in [1.165, 1.54) is 0 Å². The lowest BCUT2D eigenvalue weighted by atomic mass is 10.6. The first-order valence-electron chi connectivity index (χ1n) is 2.50. The van der Waals surface area contributed by atoms with Gasteiger partial charge in [-0.15, -0.1) is 0 Å². The molecule has 1 aliphatic heterocycles. The van der Waals surface area contributed by atoms with Crippen LogP contribution in [0.15, 0.2) is 12.2 Å². The van der Waals surface area contributed by atoms with Crippen LogP contribution in [0.4, 0.5) is 4.79 Å². The van der Waals surface area contributed by atoms with Crippen LogP contribution < -0.4 is 5.73 Å². The smallest absolute Gasteiger partial charge is 0.315 e. The molecular weight excluding hydrogens is 104 g/mol. The van der Waals surface area contributed by atoms with Gasteiger partial charge >= 0.3 is 6.03 Å². The average molecular weight is 112 g/mol. The molecule has 0 fully saturated rings. The molecule has 0 aromatic carbocycles. The molecule has 0 atom stereocenters. The predicted octanol–water partition coefficient (Wildman–Crippen LogP) is -0.0631. The summed E-state index contributed by atoms with van der Waals surface area (Å²) in [7, 11) is 0. The highest BCUT2D eigenvalue weighted by Gasteiger charge is 2.07. The molecule has 2 amide bonds. The molecule has 1 aliphatic rings. The summed E-state index contributed by atoms with van der Waals surface area (Å²) in [5.41, 5.74) is 4.94. The second-order valence-electron chi connectivity index (χ2n) is 1.71. The van der Waals surface area contributed by atoms with Crippen LogP contribution >= 0.6 is 0 Å². The normalized spacial score (nSPS) is 17.2. The van der Waals surface area contributed by atoms with Crippen molar-refractivity contribution in [1.29, 1.82) is 0 Å². The highest BCUT2D eigenvalue weighted by atomic mass is 16.2. The third kappa shape index (κ3) is 0.804. The molecule has 0 saturated carbocycles. The fourth-order valence-corrected chi connectivity index (χ4v) is 0.658. The summed E-state index contributed by atoms with van der Waals surface area (Å²) < 4.78 is 0. The molecular formula is C5H8N2O. The molecule has 8 heavy (non-hydrogen) atoms. The van der Waals surface area contributed by atoms with Gasteiger partial charge in [-0.3, -0.25) is 0 Å². The van der Waals surface area contributed by atoms with Crippen LogP contribution in [-0.4, -0.2) is 24.0 Å². The molecule has 0 aromatic heterocycles. The Hall–Kier alpha value is -0.990. The molecule has 0 radical (unpaired) electrons. The Morgan fingerprint density at radius 1 is 1.50 bits per heavy atom. The second kappa shape index (κ2) is 1.86. The number of hydrogen-bond acceptors (Lipinski definition) is 1. The number of primary amides is 1. The van der Waals surface area contributed by atoms with Gasteiger partial charge in [0.2, 0.25) is 0 Å². The number of carbonyl (C=O) groups is 1. The Morgan fingerprint density at radius 2 is 2.00 bits per heavy atom. The van der Waals surface area contributed by atoms with Crippen molar-refractivity contribution in [3.63, 3.8) is 0 Å². The zero-order valence-electron chi connectivity index (χ0n) is 4.50. The van der Waals surface area contributed by atoms with Crippen molar-refractivity contribution < 1.29 is 4.79 Å². The number of rotatable bonds is 0. The lowest BCUT2D eigenvalue weighted by molar-refractivity contribution is 0.220. The van der Waals surface area contributed by atoms with Crippen LogP contribution in [0.1, 0.15) is 0 Å². The van der Waals surface area contributed by atoms with E-state index in [4.69, 9.17) is 5.73 Å². The Kier molecular flexibility index (Phi) is 1.20. The Labute approximate surface area is 47.8 Å². The standard InChI is InChI=1S/C5H8N2O/c6-5(8)7-3-1-2-4-7/h1-2H,3-4H2,(H2,6,8). The van der Waals surface area contributed by atoms with Crippen LogP contribution in [0.2, 0.25) is 0 Å². The van der Waals surface area contributed by atoms with E-state index in [1.807, 2.05) is 12.2 Å². The van der Waals surface area contributed by atoms with Crippen molar-refractivity contribution in [3.05, 3.63) is 12.2 Å². The summed E-state index contributed by atoms with van der Waals surface area (Å²) in [4.78, 5) is 11.9. The van der Waals surface area contributed by atoms with E-state index in [2.05, 4.69) is 0 Å². The molecule has 0 unspecified atom stereocenters. The zero-order valence-corrected chi connectivity index (χ0v) is 4.50. The third-order valence-electron chi connectivity index (χ3n) is 1.13. The fraction of sp³-hybridized carbons (Fsp3) is 0.400. The summed E-state index contributed by atoms with van der Waals surface area (Å²) in [6.07, 6.45) is 3.84. The van der Waals surface area contributed by atoms with Gasteiger partial charge in [0.15, 0.2) is 0 Å². The molecule has 0 aliphatic carbocycles. The molecule has 1 heterocycles. The SMILES string of the molecule is NC(=O)N1CC=CC1. The van der Waals surface area contributed by atoms with Gasteiger partial charge in [0.1, 0.15) is 0 Å². The summed E-state index contributed by atoms with van der Waals surface area (Å²) in [6.45, 7) is 1.35. The summed E-state index contributed by atoms with van der Waals surface area (Å²) in [5.74, 6) is 0. The molecule has 0 aromatic rings. The number of hydrogen-bond donors (Lipinski definition) is 1. The monoisotopic (exact) mass is 112 g/mol. The number of nitrogens with two attached hydrogens (primary N) is 1. The highest BCUT2D eigenvalue weighted by molar-refractivity contribution is 5.72. The number of nitrogens with zero attached hydrogens (tertiary/aromatic N) is 1. The van der Waals surface area contributed by atoms with Crippen molar-refractivity contribution >= 4 is 6.03 Å². The highest BCUT2D eigenvalue weighted by Crippen LogP contribution is 1.95. The molecule has 0 bridgehead atoms. The molecule has 44 valence electrons. The maximum atomic E-state index is 10.3. The second-order valence-corrected chi connectivity index (χ2v) is 1.71. The van der Waals surface area contributed by atoms with Crippen molar-refractivity contribution in [2.75, 3.05) is 13.1 Å². The van der Waals surface area contributed by atoms with Gasteiger partial charge in [-0.25, -0.2) is 4.79 Å². The van der Waals surface area contributed by atoms with Crippen LogP contribution in [-0.2, 0) is 0 Å². The summed E-state index contributed by atoms with van der Waals surface area (Å²) in [6, 6.07) is -0.338. The van der Waals surface area contributed by atoms with E-state index in [0.717, 1.165) is 0 Å². The molecule has 3 nitrogen and oxygen atoms in total. The van der Waals surface area contributed by atoms with Gasteiger partial charge in [0.25, 0.3) is 0 Å². The zero-order chi connectivity index (χ0) is 5.98. The van der Waals surface area contributed by atoms with Gasteiger partial charge in [-0.2, -0.15) is 0 Å². The fourth-order valence-electron chi connectivity index (χ4n) is 0.658.